The molecule has 2 aliphatic rings. The van der Waals surface area contributed by atoms with Gasteiger partial charge in [-0.3, -0.25) is 9.59 Å². The summed E-state index contributed by atoms with van der Waals surface area (Å²) in [6.45, 7) is 1.40. The number of anilines is 1. The van der Waals surface area contributed by atoms with Crippen molar-refractivity contribution in [1.29, 1.82) is 0 Å². The Kier molecular flexibility index (Phi) is 5.20. The Morgan fingerprint density at radius 1 is 1.32 bits per heavy atom. The topological polar surface area (TPSA) is 111 Å². The molecule has 2 fully saturated rings. The van der Waals surface area contributed by atoms with E-state index in [-0.39, 0.29) is 13.0 Å². The summed E-state index contributed by atoms with van der Waals surface area (Å²) >= 11 is 0. The molecular formula is C17H19F3N4O4. The summed E-state index contributed by atoms with van der Waals surface area (Å²) in [7, 11) is 0. The summed E-state index contributed by atoms with van der Waals surface area (Å²) in [5.74, 6) is -0.913. The maximum absolute atomic E-state index is 13.0. The van der Waals surface area contributed by atoms with Crippen LogP contribution in [0.5, 0.6) is 0 Å². The molecule has 4 N–H and O–H groups in total. The molecule has 1 aromatic rings. The van der Waals surface area contributed by atoms with Crippen molar-refractivity contribution < 1.29 is 32.7 Å². The molecule has 8 nitrogen and oxygen atoms in total. The first-order valence-corrected chi connectivity index (χ1v) is 8.60. The van der Waals surface area contributed by atoms with Gasteiger partial charge in [-0.05, 0) is 25.5 Å². The summed E-state index contributed by atoms with van der Waals surface area (Å²) in [4.78, 5) is 37.9. The molecular weight excluding hydrogens is 381 g/mol. The molecule has 152 valence electrons. The molecule has 11 heteroatoms. The molecule has 0 aliphatic carbocycles. The number of nitrogens with zero attached hydrogens (tertiary/aromatic N) is 1. The van der Waals surface area contributed by atoms with Crippen LogP contribution in [0.15, 0.2) is 24.3 Å². The molecule has 1 aromatic carbocycles. The monoisotopic (exact) mass is 400 g/mol. The van der Waals surface area contributed by atoms with E-state index in [2.05, 4.69) is 16.0 Å². The van der Waals surface area contributed by atoms with Gasteiger partial charge in [-0.15, -0.1) is 0 Å². The number of hydrogen-bond donors (Lipinski definition) is 4. The Morgan fingerprint density at radius 2 is 2.00 bits per heavy atom. The number of rotatable bonds is 3. The number of fused-ring (bicyclic) bond motifs is 1. The van der Waals surface area contributed by atoms with E-state index in [0.29, 0.717) is 0 Å². The number of para-hydroxylation sites is 1. The molecule has 2 heterocycles. The lowest BCUT2D eigenvalue weighted by Crippen LogP contribution is -2.64. The highest BCUT2D eigenvalue weighted by molar-refractivity contribution is 5.98. The highest BCUT2D eigenvalue weighted by atomic mass is 19.4. The molecule has 0 unspecified atom stereocenters. The fourth-order valence-corrected chi connectivity index (χ4v) is 3.43. The predicted octanol–water partition coefficient (Wildman–Crippen LogP) is 0.676. The number of hydrogen-bond acceptors (Lipinski definition) is 4. The quantitative estimate of drug-likeness (QED) is 0.598. The number of amides is 4. The molecule has 0 aromatic heterocycles. The van der Waals surface area contributed by atoms with Crippen molar-refractivity contribution in [2.24, 2.45) is 0 Å². The molecule has 4 atom stereocenters. The minimum atomic E-state index is -4.63. The lowest BCUT2D eigenvalue weighted by Gasteiger charge is -2.35. The van der Waals surface area contributed by atoms with E-state index < -0.39 is 59.5 Å². The summed E-state index contributed by atoms with van der Waals surface area (Å²) < 4.78 is 39.0. The van der Waals surface area contributed by atoms with Crippen LogP contribution in [0.25, 0.3) is 0 Å². The van der Waals surface area contributed by atoms with Crippen molar-refractivity contribution in [2.45, 2.75) is 43.8 Å². The Hall–Kier alpha value is -2.82. The predicted molar refractivity (Wildman–Crippen MR) is 91.1 cm³/mol. The van der Waals surface area contributed by atoms with E-state index in [1.54, 1.807) is 0 Å². The van der Waals surface area contributed by atoms with Crippen molar-refractivity contribution in [3.8, 4) is 0 Å². The summed E-state index contributed by atoms with van der Waals surface area (Å²) in [5.41, 5.74) is -1.38. The summed E-state index contributed by atoms with van der Waals surface area (Å²) in [6.07, 6.45) is -5.58. The Labute approximate surface area is 158 Å². The van der Waals surface area contributed by atoms with Gasteiger partial charge in [0.25, 0.3) is 0 Å². The van der Waals surface area contributed by atoms with Crippen molar-refractivity contribution >= 4 is 23.5 Å². The van der Waals surface area contributed by atoms with Crippen LogP contribution in [0.2, 0.25) is 0 Å². The molecule has 3 rings (SSSR count). The third-order valence-electron chi connectivity index (χ3n) is 4.75. The fraction of sp³-hybridized carbons (Fsp3) is 0.471. The van der Waals surface area contributed by atoms with Crippen LogP contribution in [0.4, 0.5) is 23.7 Å². The van der Waals surface area contributed by atoms with Crippen molar-refractivity contribution in [2.75, 3.05) is 11.9 Å². The van der Waals surface area contributed by atoms with Crippen LogP contribution in [-0.4, -0.2) is 58.6 Å². The van der Waals surface area contributed by atoms with Gasteiger partial charge in [0.1, 0.15) is 12.1 Å². The van der Waals surface area contributed by atoms with Gasteiger partial charge < -0.3 is 26.0 Å². The number of piperazine rings is 1. The molecule has 0 saturated carbocycles. The van der Waals surface area contributed by atoms with Crippen LogP contribution in [-0.2, 0) is 15.8 Å². The van der Waals surface area contributed by atoms with Crippen molar-refractivity contribution in [1.82, 2.24) is 15.5 Å². The molecule has 2 saturated heterocycles. The number of urea groups is 1. The fourth-order valence-electron chi connectivity index (χ4n) is 3.43. The van der Waals surface area contributed by atoms with E-state index in [4.69, 9.17) is 0 Å². The van der Waals surface area contributed by atoms with Gasteiger partial charge in [0.05, 0.1) is 23.4 Å². The summed E-state index contributed by atoms with van der Waals surface area (Å²) in [6, 6.07) is 1.20. The normalized spacial score (nSPS) is 25.8. The van der Waals surface area contributed by atoms with E-state index in [1.165, 1.54) is 24.0 Å². The third kappa shape index (κ3) is 3.88. The lowest BCUT2D eigenvalue weighted by atomic mass is 10.0. The van der Waals surface area contributed by atoms with Crippen LogP contribution in [0.3, 0.4) is 0 Å². The maximum atomic E-state index is 13.0. The first kappa shape index (κ1) is 19.9. The smallest absolute Gasteiger partial charge is 0.391 e. The zero-order chi connectivity index (χ0) is 20.6. The number of nitrogens with one attached hydrogen (secondary N) is 3. The molecule has 28 heavy (non-hydrogen) atoms. The molecule has 0 bridgehead atoms. The van der Waals surface area contributed by atoms with Crippen molar-refractivity contribution in [3.05, 3.63) is 29.8 Å². The largest absolute Gasteiger partial charge is 0.418 e. The Balaban J connectivity index is 1.66. The average molecular weight is 400 g/mol. The molecule has 2 aliphatic heterocycles. The highest BCUT2D eigenvalue weighted by Gasteiger charge is 2.48. The lowest BCUT2D eigenvalue weighted by molar-refractivity contribution is -0.149. The van der Waals surface area contributed by atoms with E-state index in [1.807, 2.05) is 0 Å². The Bertz CT molecular complexity index is 799. The minimum absolute atomic E-state index is 0.0223. The van der Waals surface area contributed by atoms with Gasteiger partial charge in [0.2, 0.25) is 11.8 Å². The summed E-state index contributed by atoms with van der Waals surface area (Å²) in [5, 5.41) is 16.7. The molecule has 4 amide bonds. The standard InChI is InChI=1S/C17H19F3N4O4/c1-8(25)13-15(27)24-7-9(6-12(24)14(26)23-13)21-16(28)22-11-5-3-2-4-10(11)17(18,19)20/h2-5,8-9,12-13,25H,6-7H2,1H3,(H,23,26)(H2,21,22,28)/t8-,9-,12-,13+/m0/s1. The first-order valence-electron chi connectivity index (χ1n) is 8.60. The number of carbonyl (C=O) groups is 3. The van der Waals surface area contributed by atoms with E-state index in [0.717, 1.165) is 12.1 Å². The van der Waals surface area contributed by atoms with Gasteiger partial charge in [0, 0.05) is 6.54 Å². The van der Waals surface area contributed by atoms with Crippen LogP contribution in [0.1, 0.15) is 18.9 Å². The third-order valence-corrected chi connectivity index (χ3v) is 4.75. The van der Waals surface area contributed by atoms with Gasteiger partial charge >= 0.3 is 12.2 Å². The second kappa shape index (κ2) is 7.30. The zero-order valence-electron chi connectivity index (χ0n) is 14.8. The number of carbonyl (C=O) groups excluding carboxylic acids is 3. The average Bonchev–Trinajstić information content (AvgIpc) is 3.02. The van der Waals surface area contributed by atoms with Gasteiger partial charge in [0.15, 0.2) is 0 Å². The number of alkyl halides is 3. The number of halogens is 3. The number of aliphatic hydroxyl groups is 1. The molecule has 0 spiro atoms. The van der Waals surface area contributed by atoms with Crippen molar-refractivity contribution in [3.63, 3.8) is 0 Å². The van der Waals surface area contributed by atoms with Gasteiger partial charge in [-0.2, -0.15) is 13.2 Å². The first-order chi connectivity index (χ1) is 13.1. The second-order valence-electron chi connectivity index (χ2n) is 6.81. The SMILES string of the molecule is C[C@H](O)[C@H]1NC(=O)[C@@H]2C[C@H](NC(=O)Nc3ccccc3C(F)(F)F)CN2C1=O. The maximum Gasteiger partial charge on any atom is 0.418 e. The minimum Gasteiger partial charge on any atom is -0.391 e. The second-order valence-corrected chi connectivity index (χ2v) is 6.81. The highest BCUT2D eigenvalue weighted by Crippen LogP contribution is 2.34. The van der Waals surface area contributed by atoms with Crippen LogP contribution in [0, 0.1) is 0 Å². The van der Waals surface area contributed by atoms with Gasteiger partial charge in [-0.25, -0.2) is 4.79 Å². The number of benzene rings is 1. The Morgan fingerprint density at radius 3 is 2.64 bits per heavy atom. The van der Waals surface area contributed by atoms with Crippen LogP contribution >= 0.6 is 0 Å². The molecule has 0 radical (unpaired) electrons. The van der Waals surface area contributed by atoms with Gasteiger partial charge in [-0.1, -0.05) is 12.1 Å². The zero-order valence-corrected chi connectivity index (χ0v) is 14.8. The van der Waals surface area contributed by atoms with Crippen LogP contribution < -0.4 is 16.0 Å². The number of aliphatic hydroxyl groups excluding tert-OH is 1. The van der Waals surface area contributed by atoms with E-state index in [9.17, 15) is 32.7 Å². The van der Waals surface area contributed by atoms with E-state index >= 15 is 0 Å².